The van der Waals surface area contributed by atoms with Crippen LogP contribution in [-0.2, 0) is 11.0 Å². The minimum Gasteiger partial charge on any atom is -0.316 e. The van der Waals surface area contributed by atoms with Crippen LogP contribution in [0.3, 0.4) is 0 Å². The van der Waals surface area contributed by atoms with E-state index in [2.05, 4.69) is 5.32 Å². The van der Waals surface area contributed by atoms with Crippen molar-refractivity contribution in [3.8, 4) is 0 Å². The normalized spacial score (nSPS) is 25.3. The average Bonchev–Trinajstić information content (AvgIpc) is 2.50. The highest BCUT2D eigenvalue weighted by molar-refractivity contribution is 5.99. The summed E-state index contributed by atoms with van der Waals surface area (Å²) in [5.74, 6) is -0.164. The number of nitrogens with one attached hydrogen (secondary N) is 1. The molecule has 23 heavy (non-hydrogen) atoms. The van der Waals surface area contributed by atoms with Crippen molar-refractivity contribution in [3.63, 3.8) is 0 Å². The Morgan fingerprint density at radius 1 is 1.13 bits per heavy atom. The number of rotatable bonds is 1. The molecule has 1 aromatic rings. The third kappa shape index (κ3) is 3.33. The van der Waals surface area contributed by atoms with E-state index in [0.29, 0.717) is 13.1 Å². The SMILES string of the molecule is Cl.O=C1N(c2ccccc2C(F)(F)F)CCCC12CCCNC2. The largest absolute Gasteiger partial charge is 0.418 e. The molecule has 1 unspecified atom stereocenters. The van der Waals surface area contributed by atoms with Gasteiger partial charge in [0.05, 0.1) is 16.7 Å². The number of anilines is 1. The molecule has 0 saturated carbocycles. The summed E-state index contributed by atoms with van der Waals surface area (Å²) in [6, 6.07) is 5.36. The number of halogens is 4. The fourth-order valence-electron chi connectivity index (χ4n) is 3.61. The molecule has 2 fully saturated rings. The highest BCUT2D eigenvalue weighted by Gasteiger charge is 2.46. The first-order valence-electron chi connectivity index (χ1n) is 7.63. The van der Waals surface area contributed by atoms with Crippen LogP contribution in [0, 0.1) is 5.41 Å². The molecule has 3 rings (SSSR count). The van der Waals surface area contributed by atoms with E-state index in [4.69, 9.17) is 0 Å². The molecule has 1 amide bonds. The molecule has 2 saturated heterocycles. The second-order valence-corrected chi connectivity index (χ2v) is 6.14. The summed E-state index contributed by atoms with van der Waals surface area (Å²) >= 11 is 0. The summed E-state index contributed by atoms with van der Waals surface area (Å²) in [6.45, 7) is 1.79. The highest BCUT2D eigenvalue weighted by Crippen LogP contribution is 2.42. The third-order valence-electron chi connectivity index (χ3n) is 4.71. The third-order valence-corrected chi connectivity index (χ3v) is 4.71. The first-order valence-corrected chi connectivity index (χ1v) is 7.63. The van der Waals surface area contributed by atoms with E-state index in [-0.39, 0.29) is 24.0 Å². The molecule has 2 aliphatic heterocycles. The molecule has 1 N–H and O–H groups in total. The first kappa shape index (κ1) is 18.1. The molecule has 2 aliphatic rings. The number of nitrogens with zero attached hydrogens (tertiary/aromatic N) is 1. The average molecular weight is 349 g/mol. The fraction of sp³-hybridized carbons (Fsp3) is 0.562. The lowest BCUT2D eigenvalue weighted by Crippen LogP contribution is -2.55. The summed E-state index contributed by atoms with van der Waals surface area (Å²) in [5.41, 5.74) is -1.27. The van der Waals surface area contributed by atoms with Crippen molar-refractivity contribution in [1.29, 1.82) is 0 Å². The van der Waals surface area contributed by atoms with E-state index in [1.807, 2.05) is 0 Å². The van der Waals surface area contributed by atoms with Crippen molar-refractivity contribution in [3.05, 3.63) is 29.8 Å². The Hall–Kier alpha value is -1.27. The number of hydrogen-bond donors (Lipinski definition) is 1. The number of alkyl halides is 3. The van der Waals surface area contributed by atoms with E-state index in [9.17, 15) is 18.0 Å². The standard InChI is InChI=1S/C16H19F3N2O.ClH/c17-16(18,19)12-5-1-2-6-13(12)21-10-4-8-15(14(21)22)7-3-9-20-11-15;/h1-2,5-6,20H,3-4,7-11H2;1H. The van der Waals surface area contributed by atoms with Crippen LogP contribution in [0.1, 0.15) is 31.2 Å². The van der Waals surface area contributed by atoms with Gasteiger partial charge in [-0.05, 0) is 44.4 Å². The molecule has 1 aromatic carbocycles. The predicted molar refractivity (Wildman–Crippen MR) is 84.8 cm³/mol. The summed E-state index contributed by atoms with van der Waals surface area (Å²) < 4.78 is 39.6. The van der Waals surface area contributed by atoms with Gasteiger partial charge in [0.2, 0.25) is 5.91 Å². The molecule has 2 heterocycles. The van der Waals surface area contributed by atoms with Gasteiger partial charge in [-0.15, -0.1) is 12.4 Å². The molecule has 1 spiro atoms. The lowest BCUT2D eigenvalue weighted by atomic mass is 9.73. The highest BCUT2D eigenvalue weighted by atomic mass is 35.5. The lowest BCUT2D eigenvalue weighted by molar-refractivity contribution is -0.137. The quantitative estimate of drug-likeness (QED) is 0.840. The van der Waals surface area contributed by atoms with Crippen LogP contribution in [0.15, 0.2) is 24.3 Å². The van der Waals surface area contributed by atoms with Gasteiger partial charge in [0, 0.05) is 13.1 Å². The van der Waals surface area contributed by atoms with Crippen LogP contribution >= 0.6 is 12.4 Å². The van der Waals surface area contributed by atoms with Crippen molar-refractivity contribution >= 4 is 24.0 Å². The number of piperidine rings is 2. The summed E-state index contributed by atoms with van der Waals surface area (Å²) in [6.07, 6.45) is -1.32. The monoisotopic (exact) mass is 348 g/mol. The van der Waals surface area contributed by atoms with Gasteiger partial charge in [0.15, 0.2) is 0 Å². The van der Waals surface area contributed by atoms with Gasteiger partial charge < -0.3 is 10.2 Å². The van der Waals surface area contributed by atoms with Crippen molar-refractivity contribution in [1.82, 2.24) is 5.32 Å². The molecule has 7 heteroatoms. The topological polar surface area (TPSA) is 32.3 Å². The van der Waals surface area contributed by atoms with Crippen LogP contribution in [-0.4, -0.2) is 25.5 Å². The molecule has 0 bridgehead atoms. The van der Waals surface area contributed by atoms with Crippen molar-refractivity contribution in [2.45, 2.75) is 31.9 Å². The van der Waals surface area contributed by atoms with Crippen molar-refractivity contribution in [2.24, 2.45) is 5.41 Å². The summed E-state index contributed by atoms with van der Waals surface area (Å²) in [5, 5.41) is 3.22. The van der Waals surface area contributed by atoms with Gasteiger partial charge in [-0.3, -0.25) is 4.79 Å². The Labute approximate surface area is 139 Å². The van der Waals surface area contributed by atoms with E-state index < -0.39 is 17.2 Å². The number of para-hydroxylation sites is 1. The Morgan fingerprint density at radius 2 is 1.83 bits per heavy atom. The maximum atomic E-state index is 13.2. The van der Waals surface area contributed by atoms with Gasteiger partial charge in [-0.2, -0.15) is 13.2 Å². The minimum atomic E-state index is -4.45. The van der Waals surface area contributed by atoms with Gasteiger partial charge in [0.25, 0.3) is 0 Å². The van der Waals surface area contributed by atoms with Crippen LogP contribution in [0.4, 0.5) is 18.9 Å². The predicted octanol–water partition coefficient (Wildman–Crippen LogP) is 3.62. The number of carbonyl (C=O) groups is 1. The van der Waals surface area contributed by atoms with Crippen molar-refractivity contribution in [2.75, 3.05) is 24.5 Å². The fourth-order valence-corrected chi connectivity index (χ4v) is 3.61. The van der Waals surface area contributed by atoms with Crippen molar-refractivity contribution < 1.29 is 18.0 Å². The second-order valence-electron chi connectivity index (χ2n) is 6.14. The lowest BCUT2D eigenvalue weighted by Gasteiger charge is -2.44. The van der Waals surface area contributed by atoms with Gasteiger partial charge in [-0.1, -0.05) is 12.1 Å². The Bertz CT molecular complexity index is 565. The molecule has 1 atom stereocenters. The molecule has 3 nitrogen and oxygen atoms in total. The number of carbonyl (C=O) groups excluding carboxylic acids is 1. The number of hydrogen-bond acceptors (Lipinski definition) is 2. The zero-order valence-corrected chi connectivity index (χ0v) is 13.5. The van der Waals surface area contributed by atoms with Gasteiger partial charge >= 0.3 is 6.18 Å². The van der Waals surface area contributed by atoms with E-state index >= 15 is 0 Å². The van der Waals surface area contributed by atoms with Gasteiger partial charge in [0.1, 0.15) is 0 Å². The second kappa shape index (κ2) is 6.69. The molecular formula is C16H20ClF3N2O. The molecule has 128 valence electrons. The minimum absolute atomic E-state index is 0. The zero-order chi connectivity index (χ0) is 15.8. The molecule has 0 aliphatic carbocycles. The van der Waals surface area contributed by atoms with Gasteiger partial charge in [-0.25, -0.2) is 0 Å². The van der Waals surface area contributed by atoms with Crippen LogP contribution in [0.5, 0.6) is 0 Å². The molecular weight excluding hydrogens is 329 g/mol. The van der Waals surface area contributed by atoms with E-state index in [0.717, 1.165) is 38.3 Å². The molecule has 0 aromatic heterocycles. The first-order chi connectivity index (χ1) is 10.4. The maximum absolute atomic E-state index is 13.2. The van der Waals surface area contributed by atoms with Crippen LogP contribution in [0.25, 0.3) is 0 Å². The van der Waals surface area contributed by atoms with E-state index in [1.165, 1.54) is 17.0 Å². The maximum Gasteiger partial charge on any atom is 0.418 e. The summed E-state index contributed by atoms with van der Waals surface area (Å²) in [4.78, 5) is 14.2. The number of benzene rings is 1. The Kier molecular flexibility index (Phi) is 5.26. The molecule has 0 radical (unpaired) electrons. The smallest absolute Gasteiger partial charge is 0.316 e. The zero-order valence-electron chi connectivity index (χ0n) is 12.7. The Morgan fingerprint density at radius 3 is 2.48 bits per heavy atom. The van der Waals surface area contributed by atoms with E-state index in [1.54, 1.807) is 6.07 Å². The Balaban J connectivity index is 0.00000192. The van der Waals surface area contributed by atoms with Crippen LogP contribution in [0.2, 0.25) is 0 Å². The number of amides is 1. The summed E-state index contributed by atoms with van der Waals surface area (Å²) in [7, 11) is 0. The van der Waals surface area contributed by atoms with Crippen LogP contribution < -0.4 is 10.2 Å².